The molecule has 2 aromatic rings. The molecule has 0 bridgehead atoms. The zero-order valence-electron chi connectivity index (χ0n) is 14.9. The van der Waals surface area contributed by atoms with Gasteiger partial charge in [0.05, 0.1) is 6.54 Å². The first kappa shape index (κ1) is 18.8. The molecule has 3 rings (SSSR count). The van der Waals surface area contributed by atoms with Gasteiger partial charge in [-0.2, -0.15) is 0 Å². The lowest BCUT2D eigenvalue weighted by Gasteiger charge is -2.14. The van der Waals surface area contributed by atoms with E-state index in [1.54, 1.807) is 12.1 Å². The monoisotopic (exact) mass is 371 g/mol. The number of benzene rings is 1. The minimum absolute atomic E-state index is 0.0608. The van der Waals surface area contributed by atoms with Crippen molar-refractivity contribution in [3.05, 3.63) is 73.7 Å². The molecule has 0 amide bonds. The molecule has 1 aromatic heterocycles. The highest BCUT2D eigenvalue weighted by Crippen LogP contribution is 2.21. The van der Waals surface area contributed by atoms with Crippen molar-refractivity contribution in [1.29, 1.82) is 0 Å². The number of hydrogen-bond acceptors (Lipinski definition) is 4. The van der Waals surface area contributed by atoms with E-state index in [9.17, 15) is 19.1 Å². The standard InChI is InChI=1S/C20H22FN3O3/c21-16-8-6-15(7-9-16)12-22-13-17-18(25)23-20(27)24(19(17)26)11-10-14-4-2-1-3-5-14/h4,6-9,13,26H,1-3,5,10-12H2,(H,23,25,27). The van der Waals surface area contributed by atoms with Crippen molar-refractivity contribution in [1.82, 2.24) is 9.55 Å². The summed E-state index contributed by atoms with van der Waals surface area (Å²) in [6.45, 7) is 0.525. The van der Waals surface area contributed by atoms with Crippen LogP contribution < -0.4 is 11.2 Å². The second-order valence-electron chi connectivity index (χ2n) is 6.60. The first-order valence-electron chi connectivity index (χ1n) is 9.03. The van der Waals surface area contributed by atoms with E-state index in [-0.39, 0.29) is 23.8 Å². The SMILES string of the molecule is O=c1[nH]c(=O)n(CCC2=CCCCC2)c(O)c1C=NCc1ccc(F)cc1. The van der Waals surface area contributed by atoms with Crippen LogP contribution in [0.3, 0.4) is 0 Å². The Kier molecular flexibility index (Phi) is 6.01. The summed E-state index contributed by atoms with van der Waals surface area (Å²) in [6.07, 6.45) is 8.46. The molecule has 0 unspecified atom stereocenters. The number of aliphatic imine (C=N–C) groups is 1. The van der Waals surface area contributed by atoms with E-state index in [4.69, 9.17) is 0 Å². The average molecular weight is 371 g/mol. The lowest BCUT2D eigenvalue weighted by molar-refractivity contribution is 0.398. The molecule has 0 spiro atoms. The fraction of sp³-hybridized carbons (Fsp3) is 0.350. The van der Waals surface area contributed by atoms with Gasteiger partial charge in [0.25, 0.3) is 5.56 Å². The summed E-state index contributed by atoms with van der Waals surface area (Å²) in [5.74, 6) is -0.722. The molecule has 0 radical (unpaired) electrons. The minimum atomic E-state index is -0.687. The van der Waals surface area contributed by atoms with Crippen molar-refractivity contribution < 1.29 is 9.50 Å². The Morgan fingerprint density at radius 2 is 2.00 bits per heavy atom. The first-order chi connectivity index (χ1) is 13.0. The van der Waals surface area contributed by atoms with E-state index < -0.39 is 11.2 Å². The van der Waals surface area contributed by atoms with Crippen molar-refractivity contribution in [3.63, 3.8) is 0 Å². The summed E-state index contributed by atoms with van der Waals surface area (Å²) >= 11 is 0. The van der Waals surface area contributed by atoms with Crippen LogP contribution in [0.4, 0.5) is 4.39 Å². The number of nitrogens with one attached hydrogen (secondary N) is 1. The predicted octanol–water partition coefficient (Wildman–Crippen LogP) is 2.89. The zero-order chi connectivity index (χ0) is 19.2. The topological polar surface area (TPSA) is 87.5 Å². The summed E-state index contributed by atoms with van der Waals surface area (Å²) in [4.78, 5) is 30.4. The van der Waals surface area contributed by atoms with Crippen LogP contribution in [0, 0.1) is 5.82 Å². The van der Waals surface area contributed by atoms with Crippen molar-refractivity contribution in [2.75, 3.05) is 0 Å². The average Bonchev–Trinajstić information content (AvgIpc) is 2.66. The van der Waals surface area contributed by atoms with Gasteiger partial charge in [-0.1, -0.05) is 23.8 Å². The number of hydrogen-bond donors (Lipinski definition) is 2. The van der Waals surface area contributed by atoms with Crippen molar-refractivity contribution in [2.24, 2.45) is 4.99 Å². The van der Waals surface area contributed by atoms with Crippen LogP contribution in [-0.2, 0) is 13.1 Å². The predicted molar refractivity (Wildman–Crippen MR) is 102 cm³/mol. The molecule has 0 aliphatic heterocycles. The normalized spacial score (nSPS) is 14.5. The molecule has 1 aromatic carbocycles. The van der Waals surface area contributed by atoms with E-state index in [1.807, 2.05) is 0 Å². The minimum Gasteiger partial charge on any atom is -0.494 e. The van der Waals surface area contributed by atoms with Gasteiger partial charge >= 0.3 is 5.69 Å². The van der Waals surface area contributed by atoms with Crippen LogP contribution >= 0.6 is 0 Å². The zero-order valence-corrected chi connectivity index (χ0v) is 14.9. The molecule has 0 saturated heterocycles. The Labute approximate surface area is 155 Å². The third-order valence-corrected chi connectivity index (χ3v) is 4.66. The third kappa shape index (κ3) is 4.81. The molecule has 7 heteroatoms. The Balaban J connectivity index is 1.77. The highest BCUT2D eigenvalue weighted by atomic mass is 19.1. The fourth-order valence-electron chi connectivity index (χ4n) is 3.12. The van der Waals surface area contributed by atoms with Gasteiger partial charge in [-0.05, 0) is 49.8 Å². The van der Waals surface area contributed by atoms with Gasteiger partial charge in [0, 0.05) is 12.8 Å². The Hall–Kier alpha value is -2.96. The lowest BCUT2D eigenvalue weighted by atomic mass is 9.97. The second-order valence-corrected chi connectivity index (χ2v) is 6.60. The molecule has 1 aliphatic rings. The van der Waals surface area contributed by atoms with Gasteiger partial charge < -0.3 is 5.11 Å². The molecule has 2 N–H and O–H groups in total. The molecule has 0 atom stereocenters. The second kappa shape index (κ2) is 8.62. The van der Waals surface area contributed by atoms with Gasteiger partial charge in [0.2, 0.25) is 5.88 Å². The Morgan fingerprint density at radius 3 is 2.70 bits per heavy atom. The number of halogens is 1. The maximum Gasteiger partial charge on any atom is 0.331 e. The van der Waals surface area contributed by atoms with Crippen molar-refractivity contribution in [2.45, 2.75) is 45.2 Å². The molecular formula is C20H22FN3O3. The molecule has 1 heterocycles. The molecule has 6 nitrogen and oxygen atoms in total. The van der Waals surface area contributed by atoms with Crippen LogP contribution in [0.5, 0.6) is 5.88 Å². The number of aromatic hydroxyl groups is 1. The Morgan fingerprint density at radius 1 is 1.22 bits per heavy atom. The first-order valence-corrected chi connectivity index (χ1v) is 9.03. The maximum absolute atomic E-state index is 12.9. The smallest absolute Gasteiger partial charge is 0.331 e. The van der Waals surface area contributed by atoms with E-state index in [0.717, 1.165) is 29.4 Å². The summed E-state index contributed by atoms with van der Waals surface area (Å²) < 4.78 is 14.1. The molecule has 27 heavy (non-hydrogen) atoms. The van der Waals surface area contributed by atoms with Crippen molar-refractivity contribution in [3.8, 4) is 5.88 Å². The quantitative estimate of drug-likeness (QED) is 0.605. The third-order valence-electron chi connectivity index (χ3n) is 4.66. The van der Waals surface area contributed by atoms with E-state index >= 15 is 0 Å². The highest BCUT2D eigenvalue weighted by molar-refractivity contribution is 5.81. The fourth-order valence-corrected chi connectivity index (χ4v) is 3.12. The number of nitrogens with zero attached hydrogens (tertiary/aromatic N) is 2. The summed E-state index contributed by atoms with van der Waals surface area (Å²) in [6, 6.07) is 5.84. The number of rotatable bonds is 6. The van der Waals surface area contributed by atoms with Crippen LogP contribution in [0.2, 0.25) is 0 Å². The van der Waals surface area contributed by atoms with E-state index in [1.165, 1.54) is 30.3 Å². The number of aromatic amines is 1. The Bertz CT molecular complexity index is 971. The van der Waals surface area contributed by atoms with Crippen molar-refractivity contribution >= 4 is 6.21 Å². The number of aromatic nitrogens is 2. The summed E-state index contributed by atoms with van der Waals surface area (Å²) in [5, 5.41) is 10.4. The number of H-pyrrole nitrogens is 1. The molecule has 0 saturated carbocycles. The molecule has 0 fully saturated rings. The summed E-state index contributed by atoms with van der Waals surface area (Å²) in [5.41, 5.74) is 0.652. The largest absolute Gasteiger partial charge is 0.494 e. The van der Waals surface area contributed by atoms with Gasteiger partial charge in [-0.15, -0.1) is 0 Å². The lowest BCUT2D eigenvalue weighted by Crippen LogP contribution is -2.32. The highest BCUT2D eigenvalue weighted by Gasteiger charge is 2.13. The number of allylic oxidation sites excluding steroid dienone is 2. The van der Waals surface area contributed by atoms with E-state index in [2.05, 4.69) is 16.1 Å². The van der Waals surface area contributed by atoms with Gasteiger partial charge in [0.15, 0.2) is 0 Å². The molecule has 142 valence electrons. The van der Waals surface area contributed by atoms with Gasteiger partial charge in [-0.25, -0.2) is 9.18 Å². The van der Waals surface area contributed by atoms with Gasteiger partial charge in [0.1, 0.15) is 11.4 Å². The summed E-state index contributed by atoms with van der Waals surface area (Å²) in [7, 11) is 0. The van der Waals surface area contributed by atoms with Gasteiger partial charge in [-0.3, -0.25) is 19.3 Å². The van der Waals surface area contributed by atoms with E-state index in [0.29, 0.717) is 13.0 Å². The van der Waals surface area contributed by atoms with Crippen LogP contribution in [0.25, 0.3) is 0 Å². The maximum atomic E-state index is 12.9. The van der Waals surface area contributed by atoms with Crippen LogP contribution in [0.1, 0.15) is 43.2 Å². The van der Waals surface area contributed by atoms with Crippen LogP contribution in [0.15, 0.2) is 50.5 Å². The molecular weight excluding hydrogens is 349 g/mol. The molecule has 1 aliphatic carbocycles. The van der Waals surface area contributed by atoms with Crippen LogP contribution in [-0.4, -0.2) is 20.9 Å².